The molecular formula is C20H17NO4. The van der Waals surface area contributed by atoms with Gasteiger partial charge in [-0.2, -0.15) is 0 Å². The molecule has 0 fully saturated rings. The summed E-state index contributed by atoms with van der Waals surface area (Å²) >= 11 is 0. The van der Waals surface area contributed by atoms with Crippen molar-refractivity contribution in [3.63, 3.8) is 0 Å². The Kier molecular flexibility index (Phi) is 4.95. The Morgan fingerprint density at radius 2 is 1.72 bits per heavy atom. The van der Waals surface area contributed by atoms with Crippen LogP contribution >= 0.6 is 0 Å². The van der Waals surface area contributed by atoms with Crippen molar-refractivity contribution in [2.75, 3.05) is 14.2 Å². The molecule has 0 saturated carbocycles. The highest BCUT2D eigenvalue weighted by atomic mass is 16.6. The van der Waals surface area contributed by atoms with Crippen LogP contribution in [0.15, 0.2) is 65.3 Å². The average molecular weight is 335 g/mol. The van der Waals surface area contributed by atoms with E-state index in [9.17, 15) is 4.79 Å². The summed E-state index contributed by atoms with van der Waals surface area (Å²) in [5.74, 6) is 1.21. The number of hydrogen-bond acceptors (Lipinski definition) is 5. The molecule has 1 heterocycles. The van der Waals surface area contributed by atoms with E-state index in [4.69, 9.17) is 14.2 Å². The fraction of sp³-hybridized carbons (Fsp3) is 0.100. The van der Waals surface area contributed by atoms with Gasteiger partial charge in [0.05, 0.1) is 14.2 Å². The number of para-hydroxylation sites is 1. The van der Waals surface area contributed by atoms with Gasteiger partial charge in [-0.15, -0.1) is 0 Å². The summed E-state index contributed by atoms with van der Waals surface area (Å²) in [7, 11) is 3.20. The van der Waals surface area contributed by atoms with E-state index in [1.807, 2.05) is 54.6 Å². The predicted octanol–water partition coefficient (Wildman–Crippen LogP) is 3.71. The van der Waals surface area contributed by atoms with Crippen LogP contribution in [0.25, 0.3) is 12.2 Å². The van der Waals surface area contributed by atoms with Gasteiger partial charge in [0.15, 0.2) is 5.70 Å². The first-order chi connectivity index (χ1) is 12.2. The number of aliphatic imine (C=N–C) groups is 1. The second-order valence-corrected chi connectivity index (χ2v) is 5.22. The SMILES string of the molecule is COc1ccc(/C=C/C2=NC(=C\c3ccccc3OC)/C(=O)O2)cc1. The molecule has 0 aromatic heterocycles. The summed E-state index contributed by atoms with van der Waals surface area (Å²) in [6.45, 7) is 0. The Balaban J connectivity index is 1.79. The number of nitrogens with zero attached hydrogens (tertiary/aromatic N) is 1. The molecule has 0 N–H and O–H groups in total. The van der Waals surface area contributed by atoms with Gasteiger partial charge in [0, 0.05) is 11.6 Å². The molecule has 0 radical (unpaired) electrons. The van der Waals surface area contributed by atoms with Crippen LogP contribution in [0.3, 0.4) is 0 Å². The van der Waals surface area contributed by atoms with E-state index in [-0.39, 0.29) is 11.6 Å². The molecule has 0 saturated heterocycles. The van der Waals surface area contributed by atoms with E-state index in [2.05, 4.69) is 4.99 Å². The number of carbonyl (C=O) groups excluding carboxylic acids is 1. The van der Waals surface area contributed by atoms with Crippen LogP contribution in [0.4, 0.5) is 0 Å². The average Bonchev–Trinajstić information content (AvgIpc) is 3.00. The van der Waals surface area contributed by atoms with Gasteiger partial charge in [0.25, 0.3) is 0 Å². The molecule has 5 heteroatoms. The first-order valence-corrected chi connectivity index (χ1v) is 7.67. The summed E-state index contributed by atoms with van der Waals surface area (Å²) in [4.78, 5) is 16.2. The Hall–Kier alpha value is -3.34. The molecule has 5 nitrogen and oxygen atoms in total. The summed E-state index contributed by atoms with van der Waals surface area (Å²) in [6.07, 6.45) is 5.12. The lowest BCUT2D eigenvalue weighted by Gasteiger charge is -2.03. The number of methoxy groups -OCH3 is 2. The van der Waals surface area contributed by atoms with Crippen molar-refractivity contribution >= 4 is 24.0 Å². The van der Waals surface area contributed by atoms with Gasteiger partial charge in [0.1, 0.15) is 11.5 Å². The van der Waals surface area contributed by atoms with Crippen LogP contribution < -0.4 is 9.47 Å². The first kappa shape index (κ1) is 16.5. The number of ether oxygens (including phenoxy) is 3. The van der Waals surface area contributed by atoms with E-state index in [1.54, 1.807) is 26.4 Å². The Morgan fingerprint density at radius 3 is 2.44 bits per heavy atom. The summed E-state index contributed by atoms with van der Waals surface area (Å²) < 4.78 is 15.6. The number of hydrogen-bond donors (Lipinski definition) is 0. The molecule has 0 atom stereocenters. The highest BCUT2D eigenvalue weighted by Crippen LogP contribution is 2.23. The van der Waals surface area contributed by atoms with Gasteiger partial charge < -0.3 is 14.2 Å². The quantitative estimate of drug-likeness (QED) is 0.617. The molecule has 2 aromatic rings. The lowest BCUT2D eigenvalue weighted by Crippen LogP contribution is -2.01. The van der Waals surface area contributed by atoms with Crippen LogP contribution in [-0.4, -0.2) is 26.1 Å². The molecule has 126 valence electrons. The van der Waals surface area contributed by atoms with Crippen molar-refractivity contribution in [3.8, 4) is 11.5 Å². The highest BCUT2D eigenvalue weighted by molar-refractivity contribution is 6.11. The topological polar surface area (TPSA) is 57.1 Å². The van der Waals surface area contributed by atoms with Crippen LogP contribution in [0, 0.1) is 0 Å². The summed E-state index contributed by atoms with van der Waals surface area (Å²) in [5, 5.41) is 0. The fourth-order valence-corrected chi connectivity index (χ4v) is 2.31. The van der Waals surface area contributed by atoms with Crippen LogP contribution in [0.2, 0.25) is 0 Å². The fourth-order valence-electron chi connectivity index (χ4n) is 2.31. The zero-order valence-corrected chi connectivity index (χ0v) is 13.9. The Bertz CT molecular complexity index is 864. The largest absolute Gasteiger partial charge is 0.497 e. The third-order valence-electron chi connectivity index (χ3n) is 3.60. The number of cyclic esters (lactones) is 1. The second-order valence-electron chi connectivity index (χ2n) is 5.22. The minimum absolute atomic E-state index is 0.235. The standard InChI is InChI=1S/C20H17NO4/c1-23-16-10-7-14(8-11-16)9-12-19-21-17(20(22)25-19)13-15-5-3-4-6-18(15)24-2/h3-13H,1-2H3/b12-9+,17-13-. The van der Waals surface area contributed by atoms with Crippen molar-refractivity contribution in [3.05, 3.63) is 71.4 Å². The van der Waals surface area contributed by atoms with Gasteiger partial charge in [-0.25, -0.2) is 9.79 Å². The molecule has 0 aliphatic carbocycles. The predicted molar refractivity (Wildman–Crippen MR) is 96.5 cm³/mol. The lowest BCUT2D eigenvalue weighted by molar-refractivity contribution is -0.129. The molecule has 2 aromatic carbocycles. The van der Waals surface area contributed by atoms with E-state index in [0.717, 1.165) is 16.9 Å². The lowest BCUT2D eigenvalue weighted by atomic mass is 10.1. The third-order valence-corrected chi connectivity index (χ3v) is 3.60. The van der Waals surface area contributed by atoms with Crippen LogP contribution in [0.5, 0.6) is 11.5 Å². The molecule has 0 unspecified atom stereocenters. The summed E-state index contributed by atoms with van der Waals surface area (Å²) in [6, 6.07) is 14.9. The third kappa shape index (κ3) is 3.95. The van der Waals surface area contributed by atoms with Crippen LogP contribution in [-0.2, 0) is 9.53 Å². The molecule has 25 heavy (non-hydrogen) atoms. The van der Waals surface area contributed by atoms with E-state index in [1.165, 1.54) is 0 Å². The van der Waals surface area contributed by atoms with Gasteiger partial charge in [-0.05, 0) is 35.9 Å². The minimum Gasteiger partial charge on any atom is -0.497 e. The second kappa shape index (κ2) is 7.49. The Labute approximate surface area is 145 Å². The molecular weight excluding hydrogens is 318 g/mol. The van der Waals surface area contributed by atoms with Crippen molar-refractivity contribution in [1.29, 1.82) is 0 Å². The Morgan fingerprint density at radius 1 is 0.960 bits per heavy atom. The molecule has 0 spiro atoms. The zero-order chi connectivity index (χ0) is 17.6. The molecule has 0 amide bonds. The van der Waals surface area contributed by atoms with E-state index in [0.29, 0.717) is 5.75 Å². The number of rotatable bonds is 5. The zero-order valence-electron chi connectivity index (χ0n) is 13.9. The number of benzene rings is 2. The van der Waals surface area contributed by atoms with Crippen molar-refractivity contribution in [2.45, 2.75) is 0 Å². The monoisotopic (exact) mass is 335 g/mol. The maximum atomic E-state index is 12.0. The first-order valence-electron chi connectivity index (χ1n) is 7.67. The minimum atomic E-state index is -0.486. The van der Waals surface area contributed by atoms with Gasteiger partial charge in [-0.1, -0.05) is 30.3 Å². The van der Waals surface area contributed by atoms with Gasteiger partial charge in [-0.3, -0.25) is 0 Å². The van der Waals surface area contributed by atoms with Crippen molar-refractivity contribution in [2.24, 2.45) is 4.99 Å². The smallest absolute Gasteiger partial charge is 0.363 e. The van der Waals surface area contributed by atoms with E-state index < -0.39 is 5.97 Å². The van der Waals surface area contributed by atoms with Crippen molar-refractivity contribution in [1.82, 2.24) is 0 Å². The van der Waals surface area contributed by atoms with Gasteiger partial charge >= 0.3 is 5.97 Å². The number of esters is 1. The molecule has 0 bridgehead atoms. The summed E-state index contributed by atoms with van der Waals surface area (Å²) in [5.41, 5.74) is 1.95. The normalized spacial score (nSPS) is 15.4. The van der Waals surface area contributed by atoms with Crippen molar-refractivity contribution < 1.29 is 19.0 Å². The molecule has 1 aliphatic rings. The van der Waals surface area contributed by atoms with Crippen LogP contribution in [0.1, 0.15) is 11.1 Å². The van der Waals surface area contributed by atoms with Gasteiger partial charge in [0.2, 0.25) is 5.90 Å². The number of carbonyl (C=O) groups is 1. The van der Waals surface area contributed by atoms with E-state index >= 15 is 0 Å². The molecule has 3 rings (SSSR count). The highest BCUT2D eigenvalue weighted by Gasteiger charge is 2.21. The maximum Gasteiger partial charge on any atom is 0.363 e. The molecule has 1 aliphatic heterocycles. The maximum absolute atomic E-state index is 12.0.